The molecule has 0 unspecified atom stereocenters. The molecule has 2 aromatic rings. The monoisotopic (exact) mass is 313 g/mol. The fourth-order valence-corrected chi connectivity index (χ4v) is 2.14. The number of pyridine rings is 1. The quantitative estimate of drug-likeness (QED) is 0.863. The molecule has 0 atom stereocenters. The first-order valence-electron chi connectivity index (χ1n) is 4.84. The van der Waals surface area contributed by atoms with E-state index >= 15 is 0 Å². The van der Waals surface area contributed by atoms with E-state index in [4.69, 9.17) is 16.3 Å². The van der Waals surface area contributed by atoms with E-state index in [1.165, 1.54) is 6.07 Å². The third kappa shape index (κ3) is 2.70. The lowest BCUT2D eigenvalue weighted by atomic mass is 10.1. The number of nitrogens with one attached hydrogen (secondary N) is 1. The van der Waals surface area contributed by atoms with E-state index in [1.54, 1.807) is 13.2 Å². The van der Waals surface area contributed by atoms with Gasteiger partial charge in [0.05, 0.1) is 7.11 Å². The van der Waals surface area contributed by atoms with Crippen LogP contribution in [0.5, 0.6) is 5.75 Å². The molecule has 3 nitrogen and oxygen atoms in total. The van der Waals surface area contributed by atoms with Gasteiger partial charge in [0.2, 0.25) is 5.56 Å². The average Bonchev–Trinajstić information content (AvgIpc) is 2.27. The maximum Gasteiger partial charge on any atom is 0.249 e. The molecule has 0 fully saturated rings. The van der Waals surface area contributed by atoms with Gasteiger partial charge in [-0.1, -0.05) is 27.5 Å². The van der Waals surface area contributed by atoms with Crippen LogP contribution in [-0.2, 0) is 0 Å². The molecule has 88 valence electrons. The van der Waals surface area contributed by atoms with Gasteiger partial charge in [-0.25, -0.2) is 0 Å². The van der Waals surface area contributed by atoms with Crippen LogP contribution in [0.2, 0.25) is 5.15 Å². The first-order valence-corrected chi connectivity index (χ1v) is 6.01. The zero-order valence-corrected chi connectivity index (χ0v) is 11.3. The predicted molar refractivity (Wildman–Crippen MR) is 71.8 cm³/mol. The maximum absolute atomic E-state index is 11.4. The van der Waals surface area contributed by atoms with Crippen molar-refractivity contribution in [1.29, 1.82) is 0 Å². The van der Waals surface area contributed by atoms with E-state index in [0.717, 1.165) is 15.6 Å². The van der Waals surface area contributed by atoms with Crippen molar-refractivity contribution in [3.8, 4) is 16.9 Å². The van der Waals surface area contributed by atoms with Crippen molar-refractivity contribution in [2.75, 3.05) is 7.11 Å². The zero-order chi connectivity index (χ0) is 12.4. The van der Waals surface area contributed by atoms with Crippen molar-refractivity contribution in [2.24, 2.45) is 0 Å². The predicted octanol–water partition coefficient (Wildman–Crippen LogP) is 3.47. The van der Waals surface area contributed by atoms with Gasteiger partial charge in [-0.05, 0) is 29.8 Å². The Morgan fingerprint density at radius 1 is 1.29 bits per heavy atom. The van der Waals surface area contributed by atoms with Gasteiger partial charge in [-0.3, -0.25) is 4.79 Å². The number of H-pyrrole nitrogens is 1. The van der Waals surface area contributed by atoms with Gasteiger partial charge in [0, 0.05) is 16.1 Å². The smallest absolute Gasteiger partial charge is 0.249 e. The van der Waals surface area contributed by atoms with Crippen LogP contribution in [0, 0.1) is 0 Å². The molecule has 17 heavy (non-hydrogen) atoms. The number of hydrogen-bond donors (Lipinski definition) is 1. The SMILES string of the molecule is COc1ccc(Br)cc1-c1cc(Cl)[nH]c(=O)c1. The molecule has 0 bridgehead atoms. The van der Waals surface area contributed by atoms with Gasteiger partial charge in [0.25, 0.3) is 0 Å². The molecule has 0 aliphatic rings. The summed E-state index contributed by atoms with van der Waals surface area (Å²) >= 11 is 9.21. The Morgan fingerprint density at radius 2 is 2.06 bits per heavy atom. The lowest BCUT2D eigenvalue weighted by Gasteiger charge is -2.09. The van der Waals surface area contributed by atoms with Crippen molar-refractivity contribution < 1.29 is 4.74 Å². The number of rotatable bonds is 2. The summed E-state index contributed by atoms with van der Waals surface area (Å²) in [6.07, 6.45) is 0. The summed E-state index contributed by atoms with van der Waals surface area (Å²) < 4.78 is 6.17. The normalized spacial score (nSPS) is 10.3. The van der Waals surface area contributed by atoms with Crippen molar-refractivity contribution in [1.82, 2.24) is 4.98 Å². The van der Waals surface area contributed by atoms with Crippen LogP contribution < -0.4 is 10.3 Å². The highest BCUT2D eigenvalue weighted by Crippen LogP contribution is 2.32. The molecular weight excluding hydrogens is 305 g/mol. The number of benzene rings is 1. The minimum Gasteiger partial charge on any atom is -0.496 e. The van der Waals surface area contributed by atoms with E-state index in [1.807, 2.05) is 18.2 Å². The minimum absolute atomic E-state index is 0.241. The molecule has 0 amide bonds. The van der Waals surface area contributed by atoms with Crippen LogP contribution in [0.25, 0.3) is 11.1 Å². The fourth-order valence-electron chi connectivity index (χ4n) is 1.57. The molecule has 0 saturated carbocycles. The van der Waals surface area contributed by atoms with Crippen LogP contribution in [0.4, 0.5) is 0 Å². The molecule has 2 rings (SSSR count). The van der Waals surface area contributed by atoms with Gasteiger partial charge in [0.15, 0.2) is 0 Å². The van der Waals surface area contributed by atoms with Crippen molar-refractivity contribution >= 4 is 27.5 Å². The molecule has 0 radical (unpaired) electrons. The number of aromatic amines is 1. The van der Waals surface area contributed by atoms with Crippen LogP contribution in [0.15, 0.2) is 39.6 Å². The van der Waals surface area contributed by atoms with E-state index in [-0.39, 0.29) is 5.56 Å². The second kappa shape index (κ2) is 4.94. The third-order valence-electron chi connectivity index (χ3n) is 2.28. The van der Waals surface area contributed by atoms with Crippen molar-refractivity contribution in [2.45, 2.75) is 0 Å². The second-order valence-electron chi connectivity index (χ2n) is 3.43. The van der Waals surface area contributed by atoms with Crippen molar-refractivity contribution in [3.05, 3.63) is 50.3 Å². The molecule has 1 N–H and O–H groups in total. The minimum atomic E-state index is -0.241. The van der Waals surface area contributed by atoms with Crippen molar-refractivity contribution in [3.63, 3.8) is 0 Å². The summed E-state index contributed by atoms with van der Waals surface area (Å²) in [7, 11) is 1.58. The van der Waals surface area contributed by atoms with Crippen LogP contribution in [0.1, 0.15) is 0 Å². The summed E-state index contributed by atoms with van der Waals surface area (Å²) in [6.45, 7) is 0. The highest BCUT2D eigenvalue weighted by Gasteiger charge is 2.08. The average molecular weight is 315 g/mol. The Bertz CT molecular complexity index is 610. The molecule has 0 saturated heterocycles. The summed E-state index contributed by atoms with van der Waals surface area (Å²) in [6, 6.07) is 8.75. The fraction of sp³-hybridized carbons (Fsp3) is 0.0833. The Balaban J connectivity index is 2.66. The lowest BCUT2D eigenvalue weighted by molar-refractivity contribution is 0.416. The van der Waals surface area contributed by atoms with Gasteiger partial charge in [-0.2, -0.15) is 0 Å². The molecular formula is C12H9BrClNO2. The summed E-state index contributed by atoms with van der Waals surface area (Å²) in [5.74, 6) is 0.690. The summed E-state index contributed by atoms with van der Waals surface area (Å²) in [4.78, 5) is 13.9. The van der Waals surface area contributed by atoms with E-state index in [2.05, 4.69) is 20.9 Å². The Hall–Kier alpha value is -1.26. The Kier molecular flexibility index (Phi) is 3.54. The Labute approximate surface area is 112 Å². The molecule has 0 spiro atoms. The standard InChI is InChI=1S/C12H9BrClNO2/c1-17-10-3-2-8(13)6-9(10)7-4-11(14)15-12(16)5-7/h2-6H,1H3,(H,15,16). The molecule has 0 aliphatic heterocycles. The number of halogens is 2. The molecule has 1 heterocycles. The molecule has 1 aromatic heterocycles. The first kappa shape index (κ1) is 12.2. The zero-order valence-electron chi connectivity index (χ0n) is 8.96. The molecule has 0 aliphatic carbocycles. The number of hydrogen-bond acceptors (Lipinski definition) is 2. The van der Waals surface area contributed by atoms with Crippen LogP contribution in [0.3, 0.4) is 0 Å². The lowest BCUT2D eigenvalue weighted by Crippen LogP contribution is -2.04. The number of methoxy groups -OCH3 is 1. The van der Waals surface area contributed by atoms with Crippen LogP contribution in [-0.4, -0.2) is 12.1 Å². The van der Waals surface area contributed by atoms with Gasteiger partial charge in [-0.15, -0.1) is 0 Å². The highest BCUT2D eigenvalue weighted by atomic mass is 79.9. The largest absolute Gasteiger partial charge is 0.496 e. The van der Waals surface area contributed by atoms with Gasteiger partial charge >= 0.3 is 0 Å². The first-order chi connectivity index (χ1) is 8.10. The van der Waals surface area contributed by atoms with Gasteiger partial charge < -0.3 is 9.72 Å². The van der Waals surface area contributed by atoms with Crippen LogP contribution >= 0.6 is 27.5 Å². The van der Waals surface area contributed by atoms with E-state index < -0.39 is 0 Å². The van der Waals surface area contributed by atoms with Gasteiger partial charge in [0.1, 0.15) is 10.9 Å². The number of aromatic nitrogens is 1. The van der Waals surface area contributed by atoms with E-state index in [9.17, 15) is 4.79 Å². The third-order valence-corrected chi connectivity index (χ3v) is 2.98. The Morgan fingerprint density at radius 3 is 2.71 bits per heavy atom. The highest BCUT2D eigenvalue weighted by molar-refractivity contribution is 9.10. The van der Waals surface area contributed by atoms with E-state index in [0.29, 0.717) is 10.9 Å². The molecule has 5 heteroatoms. The summed E-state index contributed by atoms with van der Waals surface area (Å²) in [5.41, 5.74) is 1.29. The second-order valence-corrected chi connectivity index (χ2v) is 4.75. The maximum atomic E-state index is 11.4. The number of ether oxygens (including phenoxy) is 1. The topological polar surface area (TPSA) is 42.1 Å². The summed E-state index contributed by atoms with van der Waals surface area (Å²) in [5, 5.41) is 0.300. The molecule has 1 aromatic carbocycles.